The third-order valence-corrected chi connectivity index (χ3v) is 3.88. The van der Waals surface area contributed by atoms with E-state index < -0.39 is 0 Å². The van der Waals surface area contributed by atoms with Crippen molar-refractivity contribution in [2.45, 2.75) is 53.0 Å². The van der Waals surface area contributed by atoms with Gasteiger partial charge in [0.05, 0.1) is 5.41 Å². The Kier molecular flexibility index (Phi) is 4.17. The van der Waals surface area contributed by atoms with Crippen molar-refractivity contribution in [3.63, 3.8) is 0 Å². The van der Waals surface area contributed by atoms with E-state index in [-0.39, 0.29) is 36.6 Å². The van der Waals surface area contributed by atoms with Gasteiger partial charge in [0.15, 0.2) is 0 Å². The fourth-order valence-corrected chi connectivity index (χ4v) is 2.50. The van der Waals surface area contributed by atoms with Crippen LogP contribution in [-0.4, -0.2) is 24.4 Å². The van der Waals surface area contributed by atoms with Gasteiger partial charge in [-0.05, 0) is 25.7 Å². The van der Waals surface area contributed by atoms with Crippen LogP contribution < -0.4 is 10.6 Å². The lowest BCUT2D eigenvalue weighted by molar-refractivity contribution is -0.143. The van der Waals surface area contributed by atoms with Crippen molar-refractivity contribution in [2.75, 3.05) is 6.54 Å². The number of hydrogen-bond acceptors (Lipinski definition) is 2. The molecule has 2 amide bonds. The molecule has 98 valence electrons. The second kappa shape index (κ2) is 5.07. The smallest absolute Gasteiger partial charge is 0.228 e. The van der Waals surface area contributed by atoms with E-state index in [4.69, 9.17) is 0 Å². The van der Waals surface area contributed by atoms with Crippen LogP contribution in [0.2, 0.25) is 0 Å². The van der Waals surface area contributed by atoms with Gasteiger partial charge in [-0.15, -0.1) is 0 Å². The van der Waals surface area contributed by atoms with Crippen molar-refractivity contribution in [2.24, 2.45) is 11.3 Å². The van der Waals surface area contributed by atoms with Gasteiger partial charge in [-0.25, -0.2) is 0 Å². The Labute approximate surface area is 104 Å². The monoisotopic (exact) mass is 240 g/mol. The van der Waals surface area contributed by atoms with Crippen LogP contribution in [0.15, 0.2) is 0 Å². The van der Waals surface area contributed by atoms with Crippen LogP contribution in [0.3, 0.4) is 0 Å². The van der Waals surface area contributed by atoms with Crippen molar-refractivity contribution in [1.82, 2.24) is 10.6 Å². The van der Waals surface area contributed by atoms with Crippen molar-refractivity contribution < 1.29 is 9.59 Å². The average Bonchev–Trinajstić information content (AvgIpc) is 2.28. The molecule has 0 aromatic heterocycles. The number of carbonyl (C=O) groups excluding carboxylic acids is 2. The summed E-state index contributed by atoms with van der Waals surface area (Å²) < 4.78 is 0. The number of β-lactam (4-membered cyclic amide) rings is 1. The largest absolute Gasteiger partial charge is 0.354 e. The van der Waals surface area contributed by atoms with Gasteiger partial charge in [-0.2, -0.15) is 0 Å². The van der Waals surface area contributed by atoms with Crippen LogP contribution >= 0.6 is 0 Å². The first-order chi connectivity index (χ1) is 7.53. The zero-order valence-corrected chi connectivity index (χ0v) is 10.0. The summed E-state index contributed by atoms with van der Waals surface area (Å²) in [7, 11) is 0. The highest BCUT2D eigenvalue weighted by Gasteiger charge is 2.48. The van der Waals surface area contributed by atoms with Crippen molar-refractivity contribution in [3.8, 4) is 0 Å². The molecule has 0 aromatic carbocycles. The minimum Gasteiger partial charge on any atom is -0.354 e. The average molecular weight is 240 g/mol. The van der Waals surface area contributed by atoms with E-state index >= 15 is 0 Å². The highest BCUT2D eigenvalue weighted by atomic mass is 16.2. The van der Waals surface area contributed by atoms with Gasteiger partial charge in [0.1, 0.15) is 0 Å². The normalized spacial score (nSPS) is 31.5. The predicted molar refractivity (Wildman–Crippen MR) is 67.4 cm³/mol. The first-order valence-corrected chi connectivity index (χ1v) is 6.12. The van der Waals surface area contributed by atoms with Gasteiger partial charge in [-0.1, -0.05) is 21.3 Å². The molecule has 17 heavy (non-hydrogen) atoms. The molecule has 2 aliphatic rings. The fraction of sp³-hybridized carbons (Fsp3) is 0.846. The highest BCUT2D eigenvalue weighted by Crippen LogP contribution is 2.40. The predicted octanol–water partition coefficient (Wildman–Crippen LogP) is 1.45. The molecule has 1 aliphatic carbocycles. The Morgan fingerprint density at radius 3 is 2.35 bits per heavy atom. The Morgan fingerprint density at radius 1 is 1.41 bits per heavy atom. The molecule has 0 atom stereocenters. The molecule has 0 unspecified atom stereocenters. The molecule has 0 radical (unpaired) electrons. The van der Waals surface area contributed by atoms with Crippen molar-refractivity contribution in [3.05, 3.63) is 0 Å². The number of amides is 2. The zero-order valence-electron chi connectivity index (χ0n) is 10.0. The first-order valence-electron chi connectivity index (χ1n) is 6.12. The molecule has 1 spiro atoms. The van der Waals surface area contributed by atoms with Gasteiger partial charge in [0.2, 0.25) is 11.8 Å². The minimum atomic E-state index is -0.0843. The number of hydrogen-bond donors (Lipinski definition) is 2. The molecule has 2 rings (SSSR count). The van der Waals surface area contributed by atoms with E-state index in [2.05, 4.69) is 10.6 Å². The second-order valence-electron chi connectivity index (χ2n) is 5.40. The molecule has 4 nitrogen and oxygen atoms in total. The maximum Gasteiger partial charge on any atom is 0.228 e. The van der Waals surface area contributed by atoms with E-state index in [1.165, 1.54) is 0 Å². The van der Waals surface area contributed by atoms with Crippen LogP contribution in [0, 0.1) is 11.3 Å². The Balaban J connectivity index is 0.00000144. The first kappa shape index (κ1) is 14.0. The highest BCUT2D eigenvalue weighted by molar-refractivity contribution is 5.88. The summed E-state index contributed by atoms with van der Waals surface area (Å²) in [6.07, 6.45) is 3.71. The molecular formula is C13H24N2O2. The van der Waals surface area contributed by atoms with Crippen LogP contribution in [0.5, 0.6) is 0 Å². The van der Waals surface area contributed by atoms with E-state index in [0.29, 0.717) is 0 Å². The Bertz CT molecular complexity index is 305. The molecular weight excluding hydrogens is 216 g/mol. The maximum absolute atomic E-state index is 11.5. The van der Waals surface area contributed by atoms with E-state index in [1.54, 1.807) is 0 Å². The van der Waals surface area contributed by atoms with Gasteiger partial charge in [-0.3, -0.25) is 9.59 Å². The van der Waals surface area contributed by atoms with E-state index in [0.717, 1.165) is 32.2 Å². The molecule has 1 saturated carbocycles. The summed E-state index contributed by atoms with van der Waals surface area (Å²) >= 11 is 0. The standard InChI is InChI=1S/C12H20N2O2.CH4/c1-8(2)10(15)14-9-3-5-12(6-4-9)7-13-11(12)16;/h8-9H,3-7H2,1-2H3,(H,13,16)(H,14,15);1H4. The Morgan fingerprint density at radius 2 is 2.00 bits per heavy atom. The molecule has 1 saturated heterocycles. The van der Waals surface area contributed by atoms with Crippen molar-refractivity contribution >= 4 is 11.8 Å². The van der Waals surface area contributed by atoms with Gasteiger partial charge in [0, 0.05) is 18.5 Å². The quantitative estimate of drug-likeness (QED) is 0.718. The van der Waals surface area contributed by atoms with E-state index in [1.807, 2.05) is 13.8 Å². The Hall–Kier alpha value is -1.06. The summed E-state index contributed by atoms with van der Waals surface area (Å²) in [5.74, 6) is 0.378. The summed E-state index contributed by atoms with van der Waals surface area (Å²) in [5.41, 5.74) is -0.0843. The van der Waals surface area contributed by atoms with Crippen LogP contribution in [0.25, 0.3) is 0 Å². The fourth-order valence-electron chi connectivity index (χ4n) is 2.50. The SMILES string of the molecule is C.CC(C)C(=O)NC1CCC2(CC1)CNC2=O. The topological polar surface area (TPSA) is 58.2 Å². The van der Waals surface area contributed by atoms with Gasteiger partial charge in [0.25, 0.3) is 0 Å². The molecule has 4 heteroatoms. The molecule has 2 fully saturated rings. The third-order valence-electron chi connectivity index (χ3n) is 3.88. The van der Waals surface area contributed by atoms with Crippen LogP contribution in [0.1, 0.15) is 47.0 Å². The van der Waals surface area contributed by atoms with Crippen LogP contribution in [-0.2, 0) is 9.59 Å². The summed E-state index contributed by atoms with van der Waals surface area (Å²) in [5, 5.41) is 5.86. The molecule has 2 N–H and O–H groups in total. The lowest BCUT2D eigenvalue weighted by Crippen LogP contribution is -2.61. The summed E-state index contributed by atoms with van der Waals surface area (Å²) in [6.45, 7) is 4.63. The van der Waals surface area contributed by atoms with Gasteiger partial charge >= 0.3 is 0 Å². The number of nitrogens with one attached hydrogen (secondary N) is 2. The number of rotatable bonds is 2. The van der Waals surface area contributed by atoms with Crippen molar-refractivity contribution in [1.29, 1.82) is 0 Å². The van der Waals surface area contributed by atoms with E-state index in [9.17, 15) is 9.59 Å². The van der Waals surface area contributed by atoms with Gasteiger partial charge < -0.3 is 10.6 Å². The lowest BCUT2D eigenvalue weighted by atomic mass is 9.68. The molecule has 1 aliphatic heterocycles. The molecule has 0 aromatic rings. The molecule has 1 heterocycles. The second-order valence-corrected chi connectivity index (χ2v) is 5.40. The molecule has 0 bridgehead atoms. The summed E-state index contributed by atoms with van der Waals surface area (Å²) in [6, 6.07) is 0.272. The lowest BCUT2D eigenvalue weighted by Gasteiger charge is -2.45. The number of carbonyl (C=O) groups is 2. The zero-order chi connectivity index (χ0) is 11.8. The summed E-state index contributed by atoms with van der Waals surface area (Å²) in [4.78, 5) is 23.0. The minimum absolute atomic E-state index is 0. The maximum atomic E-state index is 11.5. The van der Waals surface area contributed by atoms with Crippen LogP contribution in [0.4, 0.5) is 0 Å². The third kappa shape index (κ3) is 2.61.